The lowest BCUT2D eigenvalue weighted by atomic mass is 10.0. The SMILES string of the molecule is COCC(C)OCCC1CCCC1N. The van der Waals surface area contributed by atoms with Crippen molar-refractivity contribution < 1.29 is 9.47 Å². The van der Waals surface area contributed by atoms with Gasteiger partial charge in [0.2, 0.25) is 0 Å². The smallest absolute Gasteiger partial charge is 0.0780 e. The molecule has 0 aromatic heterocycles. The first-order chi connectivity index (χ1) is 6.74. The molecule has 1 aliphatic rings. The first kappa shape index (κ1) is 12.0. The van der Waals surface area contributed by atoms with Gasteiger partial charge in [0.05, 0.1) is 12.7 Å². The Hall–Kier alpha value is -0.120. The van der Waals surface area contributed by atoms with Crippen LogP contribution in [0.2, 0.25) is 0 Å². The number of ether oxygens (including phenoxy) is 2. The molecule has 0 spiro atoms. The quantitative estimate of drug-likeness (QED) is 0.709. The van der Waals surface area contributed by atoms with Gasteiger partial charge in [0, 0.05) is 19.8 Å². The predicted molar refractivity (Wildman–Crippen MR) is 57.2 cm³/mol. The molecule has 1 fully saturated rings. The van der Waals surface area contributed by atoms with Crippen LogP contribution in [0.3, 0.4) is 0 Å². The zero-order chi connectivity index (χ0) is 10.4. The van der Waals surface area contributed by atoms with Crippen LogP contribution in [0.1, 0.15) is 32.6 Å². The van der Waals surface area contributed by atoms with E-state index in [1.54, 1.807) is 7.11 Å². The van der Waals surface area contributed by atoms with Crippen molar-refractivity contribution in [1.82, 2.24) is 0 Å². The third kappa shape index (κ3) is 3.95. The summed E-state index contributed by atoms with van der Waals surface area (Å²) in [5, 5.41) is 0. The number of methoxy groups -OCH3 is 1. The molecule has 3 nitrogen and oxygen atoms in total. The molecule has 0 aliphatic heterocycles. The van der Waals surface area contributed by atoms with Crippen LogP contribution in [-0.4, -0.2) is 32.5 Å². The predicted octanol–water partition coefficient (Wildman–Crippen LogP) is 1.56. The van der Waals surface area contributed by atoms with E-state index in [4.69, 9.17) is 15.2 Å². The molecule has 0 amide bonds. The number of hydrogen-bond acceptors (Lipinski definition) is 3. The second-order valence-electron chi connectivity index (χ2n) is 4.28. The van der Waals surface area contributed by atoms with Crippen LogP contribution in [0.4, 0.5) is 0 Å². The summed E-state index contributed by atoms with van der Waals surface area (Å²) >= 11 is 0. The second kappa shape index (κ2) is 6.38. The lowest BCUT2D eigenvalue weighted by Gasteiger charge is -2.17. The summed E-state index contributed by atoms with van der Waals surface area (Å²) in [5.74, 6) is 0.685. The van der Waals surface area contributed by atoms with Crippen LogP contribution in [0.5, 0.6) is 0 Å². The fraction of sp³-hybridized carbons (Fsp3) is 1.00. The Morgan fingerprint density at radius 3 is 2.79 bits per heavy atom. The highest BCUT2D eigenvalue weighted by Gasteiger charge is 2.23. The van der Waals surface area contributed by atoms with Gasteiger partial charge in [-0.3, -0.25) is 0 Å². The molecule has 3 heteroatoms. The minimum Gasteiger partial charge on any atom is -0.382 e. The van der Waals surface area contributed by atoms with E-state index in [1.807, 2.05) is 6.92 Å². The van der Waals surface area contributed by atoms with Crippen LogP contribution in [0.25, 0.3) is 0 Å². The Morgan fingerprint density at radius 1 is 1.43 bits per heavy atom. The Labute approximate surface area is 86.9 Å². The zero-order valence-corrected chi connectivity index (χ0v) is 9.37. The average Bonchev–Trinajstić information content (AvgIpc) is 2.52. The largest absolute Gasteiger partial charge is 0.382 e. The maximum Gasteiger partial charge on any atom is 0.0780 e. The summed E-state index contributed by atoms with van der Waals surface area (Å²) < 4.78 is 10.6. The average molecular weight is 201 g/mol. The molecular weight excluding hydrogens is 178 g/mol. The highest BCUT2D eigenvalue weighted by Crippen LogP contribution is 2.26. The molecule has 2 N–H and O–H groups in total. The molecule has 3 atom stereocenters. The topological polar surface area (TPSA) is 44.5 Å². The number of rotatable bonds is 6. The van der Waals surface area contributed by atoms with Gasteiger partial charge in [0.1, 0.15) is 0 Å². The highest BCUT2D eigenvalue weighted by molar-refractivity contribution is 4.79. The van der Waals surface area contributed by atoms with E-state index in [9.17, 15) is 0 Å². The molecular formula is C11H23NO2. The molecule has 0 radical (unpaired) electrons. The van der Waals surface area contributed by atoms with Gasteiger partial charge in [-0.05, 0) is 32.1 Å². The number of nitrogens with two attached hydrogens (primary N) is 1. The van der Waals surface area contributed by atoms with Gasteiger partial charge in [0.15, 0.2) is 0 Å². The minimum absolute atomic E-state index is 0.206. The van der Waals surface area contributed by atoms with E-state index >= 15 is 0 Å². The summed E-state index contributed by atoms with van der Waals surface area (Å²) in [6, 6.07) is 0.413. The van der Waals surface area contributed by atoms with Crippen LogP contribution in [0, 0.1) is 5.92 Å². The summed E-state index contributed by atoms with van der Waals surface area (Å²) in [7, 11) is 1.70. The van der Waals surface area contributed by atoms with Crippen molar-refractivity contribution in [2.45, 2.75) is 44.8 Å². The molecule has 1 aliphatic carbocycles. The van der Waals surface area contributed by atoms with Crippen LogP contribution >= 0.6 is 0 Å². The zero-order valence-electron chi connectivity index (χ0n) is 9.37. The minimum atomic E-state index is 0.206. The van der Waals surface area contributed by atoms with Crippen molar-refractivity contribution in [2.24, 2.45) is 11.7 Å². The van der Waals surface area contributed by atoms with Crippen LogP contribution in [-0.2, 0) is 9.47 Å². The van der Waals surface area contributed by atoms with Gasteiger partial charge >= 0.3 is 0 Å². The normalized spacial score (nSPS) is 29.4. The Kier molecular flexibility index (Phi) is 5.45. The van der Waals surface area contributed by atoms with Crippen LogP contribution < -0.4 is 5.73 Å². The van der Waals surface area contributed by atoms with E-state index in [-0.39, 0.29) is 6.10 Å². The first-order valence-electron chi connectivity index (χ1n) is 5.60. The van der Waals surface area contributed by atoms with Crippen molar-refractivity contribution in [3.05, 3.63) is 0 Å². The van der Waals surface area contributed by atoms with E-state index in [1.165, 1.54) is 19.3 Å². The summed E-state index contributed by atoms with van der Waals surface area (Å²) in [5.41, 5.74) is 5.97. The van der Waals surface area contributed by atoms with Crippen LogP contribution in [0.15, 0.2) is 0 Å². The van der Waals surface area contributed by atoms with E-state index in [0.717, 1.165) is 13.0 Å². The summed E-state index contributed by atoms with van der Waals surface area (Å²) in [6.07, 6.45) is 5.08. The second-order valence-corrected chi connectivity index (χ2v) is 4.28. The van der Waals surface area contributed by atoms with E-state index in [2.05, 4.69) is 0 Å². The first-order valence-corrected chi connectivity index (χ1v) is 5.60. The lowest BCUT2D eigenvalue weighted by molar-refractivity contribution is 0.00361. The monoisotopic (exact) mass is 201 g/mol. The van der Waals surface area contributed by atoms with Crippen molar-refractivity contribution in [3.8, 4) is 0 Å². The van der Waals surface area contributed by atoms with Crippen molar-refractivity contribution in [3.63, 3.8) is 0 Å². The molecule has 1 saturated carbocycles. The Bertz CT molecular complexity index is 152. The van der Waals surface area contributed by atoms with Gasteiger partial charge in [-0.1, -0.05) is 6.42 Å². The maximum atomic E-state index is 5.97. The fourth-order valence-corrected chi connectivity index (χ4v) is 2.13. The van der Waals surface area contributed by atoms with Gasteiger partial charge in [-0.25, -0.2) is 0 Å². The molecule has 0 aromatic rings. The Balaban J connectivity index is 2.03. The maximum absolute atomic E-state index is 5.97. The van der Waals surface area contributed by atoms with Gasteiger partial charge in [-0.15, -0.1) is 0 Å². The third-order valence-electron chi connectivity index (χ3n) is 3.01. The Morgan fingerprint density at radius 2 is 2.21 bits per heavy atom. The molecule has 84 valence electrons. The fourth-order valence-electron chi connectivity index (χ4n) is 2.13. The molecule has 14 heavy (non-hydrogen) atoms. The third-order valence-corrected chi connectivity index (χ3v) is 3.01. The number of hydrogen-bond donors (Lipinski definition) is 1. The summed E-state index contributed by atoms with van der Waals surface area (Å²) in [4.78, 5) is 0. The van der Waals surface area contributed by atoms with Gasteiger partial charge < -0.3 is 15.2 Å². The van der Waals surface area contributed by atoms with Gasteiger partial charge in [0.25, 0.3) is 0 Å². The molecule has 0 saturated heterocycles. The summed E-state index contributed by atoms with van der Waals surface area (Å²) in [6.45, 7) is 3.54. The molecule has 3 unspecified atom stereocenters. The van der Waals surface area contributed by atoms with E-state index < -0.39 is 0 Å². The highest BCUT2D eigenvalue weighted by atomic mass is 16.5. The van der Waals surface area contributed by atoms with Crippen molar-refractivity contribution in [2.75, 3.05) is 20.3 Å². The molecule has 0 heterocycles. The van der Waals surface area contributed by atoms with Gasteiger partial charge in [-0.2, -0.15) is 0 Å². The van der Waals surface area contributed by atoms with Crippen molar-refractivity contribution in [1.29, 1.82) is 0 Å². The van der Waals surface area contributed by atoms with E-state index in [0.29, 0.717) is 18.6 Å². The lowest BCUT2D eigenvalue weighted by Crippen LogP contribution is -2.26. The molecule has 1 rings (SSSR count). The standard InChI is InChI=1S/C11H23NO2/c1-9(8-13-2)14-7-6-10-4-3-5-11(10)12/h9-11H,3-8,12H2,1-2H3. The van der Waals surface area contributed by atoms with Crippen molar-refractivity contribution >= 4 is 0 Å². The molecule has 0 aromatic carbocycles. The molecule has 0 bridgehead atoms.